The van der Waals surface area contributed by atoms with E-state index < -0.39 is 15.8 Å². The Hall–Kier alpha value is -0.940. The van der Waals surface area contributed by atoms with Gasteiger partial charge in [-0.3, -0.25) is 0 Å². The molecule has 0 unspecified atom stereocenters. The average Bonchev–Trinajstić information content (AvgIpc) is 2.27. The Bertz CT molecular complexity index is 517. The molecule has 0 radical (unpaired) electrons. The molecular weight excluding hydrogens is 265 g/mol. The summed E-state index contributed by atoms with van der Waals surface area (Å²) in [5.74, 6) is -0.398. The van der Waals surface area contributed by atoms with Gasteiger partial charge in [0, 0.05) is 13.1 Å². The van der Waals surface area contributed by atoms with Gasteiger partial charge < -0.3 is 0 Å². The second kappa shape index (κ2) is 6.48. The Labute approximate surface area is 115 Å². The molecule has 0 saturated heterocycles. The van der Waals surface area contributed by atoms with Crippen LogP contribution in [-0.4, -0.2) is 25.8 Å². The third kappa shape index (κ3) is 3.54. The van der Waals surface area contributed by atoms with Crippen molar-refractivity contribution >= 4 is 10.0 Å². The largest absolute Gasteiger partial charge is 0.243 e. The van der Waals surface area contributed by atoms with Crippen LogP contribution < -0.4 is 0 Å². The summed E-state index contributed by atoms with van der Waals surface area (Å²) in [5.41, 5.74) is 0.930. The maximum Gasteiger partial charge on any atom is 0.243 e. The van der Waals surface area contributed by atoms with E-state index in [-0.39, 0.29) is 4.90 Å². The minimum absolute atomic E-state index is 0.242. The highest BCUT2D eigenvalue weighted by Crippen LogP contribution is 2.25. The van der Waals surface area contributed by atoms with Gasteiger partial charge in [-0.1, -0.05) is 20.3 Å². The van der Waals surface area contributed by atoms with E-state index in [0.29, 0.717) is 24.2 Å². The van der Waals surface area contributed by atoms with E-state index >= 15 is 0 Å². The topological polar surface area (TPSA) is 37.4 Å². The highest BCUT2D eigenvalue weighted by molar-refractivity contribution is 7.89. The number of halogens is 1. The lowest BCUT2D eigenvalue weighted by Gasteiger charge is -2.22. The Morgan fingerprint density at radius 2 is 1.68 bits per heavy atom. The van der Waals surface area contributed by atoms with Crippen molar-refractivity contribution in [2.75, 3.05) is 13.1 Å². The van der Waals surface area contributed by atoms with E-state index in [1.54, 1.807) is 13.8 Å². The van der Waals surface area contributed by atoms with Gasteiger partial charge in [0.2, 0.25) is 10.0 Å². The van der Waals surface area contributed by atoms with Crippen molar-refractivity contribution in [2.45, 2.75) is 45.4 Å². The lowest BCUT2D eigenvalue weighted by atomic mass is 10.1. The Kier molecular flexibility index (Phi) is 5.50. The van der Waals surface area contributed by atoms with Crippen LogP contribution in [0.5, 0.6) is 0 Å². The van der Waals surface area contributed by atoms with Crippen LogP contribution in [0.1, 0.15) is 37.8 Å². The van der Waals surface area contributed by atoms with Crippen LogP contribution >= 0.6 is 0 Å². The molecule has 0 aliphatic heterocycles. The quantitative estimate of drug-likeness (QED) is 0.805. The zero-order valence-corrected chi connectivity index (χ0v) is 12.8. The molecule has 0 heterocycles. The fraction of sp³-hybridized carbons (Fsp3) is 0.571. The van der Waals surface area contributed by atoms with Crippen molar-refractivity contribution in [1.29, 1.82) is 0 Å². The van der Waals surface area contributed by atoms with Gasteiger partial charge in [0.15, 0.2) is 0 Å². The highest BCUT2D eigenvalue weighted by Gasteiger charge is 2.26. The lowest BCUT2D eigenvalue weighted by Crippen LogP contribution is -2.32. The summed E-state index contributed by atoms with van der Waals surface area (Å²) in [7, 11) is -3.53. The Balaban J connectivity index is 3.26. The molecule has 1 aromatic rings. The molecule has 0 aliphatic carbocycles. The van der Waals surface area contributed by atoms with Gasteiger partial charge in [-0.2, -0.15) is 4.31 Å². The average molecular weight is 287 g/mol. The minimum Gasteiger partial charge on any atom is -0.207 e. The molecule has 0 amide bonds. The summed E-state index contributed by atoms with van der Waals surface area (Å²) < 4.78 is 40.0. The minimum atomic E-state index is -3.53. The predicted molar refractivity (Wildman–Crippen MR) is 75.2 cm³/mol. The molecule has 0 fully saturated rings. The molecule has 3 nitrogen and oxygen atoms in total. The van der Waals surface area contributed by atoms with Crippen molar-refractivity contribution in [2.24, 2.45) is 0 Å². The van der Waals surface area contributed by atoms with Crippen LogP contribution in [0.15, 0.2) is 17.0 Å². The molecule has 0 atom stereocenters. The molecule has 0 N–H and O–H groups in total. The molecule has 0 aromatic heterocycles. The molecular formula is C14H22FNO2S. The first-order valence-corrected chi connectivity index (χ1v) is 8.05. The Morgan fingerprint density at radius 1 is 1.16 bits per heavy atom. The zero-order chi connectivity index (χ0) is 14.6. The van der Waals surface area contributed by atoms with Gasteiger partial charge >= 0.3 is 0 Å². The SMILES string of the molecule is CCCCN(CC)S(=O)(=O)c1c(C)cc(F)cc1C. The van der Waals surface area contributed by atoms with Gasteiger partial charge in [-0.15, -0.1) is 0 Å². The van der Waals surface area contributed by atoms with E-state index in [0.717, 1.165) is 12.8 Å². The molecule has 108 valence electrons. The molecule has 0 aliphatic rings. The van der Waals surface area contributed by atoms with Crippen LogP contribution in [0.25, 0.3) is 0 Å². The number of benzene rings is 1. The molecule has 19 heavy (non-hydrogen) atoms. The highest BCUT2D eigenvalue weighted by atomic mass is 32.2. The molecule has 0 saturated carbocycles. The standard InChI is InChI=1S/C14H22FNO2S/c1-5-7-8-16(6-2)19(17,18)14-11(3)9-13(15)10-12(14)4/h9-10H,5-8H2,1-4H3. The third-order valence-corrected chi connectivity index (χ3v) is 5.42. The molecule has 1 rings (SSSR count). The molecule has 0 bridgehead atoms. The zero-order valence-electron chi connectivity index (χ0n) is 12.0. The van der Waals surface area contributed by atoms with Gasteiger partial charge in [0.25, 0.3) is 0 Å². The van der Waals surface area contributed by atoms with Crippen molar-refractivity contribution in [3.8, 4) is 0 Å². The monoisotopic (exact) mass is 287 g/mol. The van der Waals surface area contributed by atoms with E-state index in [1.165, 1.54) is 16.4 Å². The number of unbranched alkanes of at least 4 members (excludes halogenated alkanes) is 1. The van der Waals surface area contributed by atoms with E-state index in [9.17, 15) is 12.8 Å². The second-order valence-corrected chi connectivity index (χ2v) is 6.59. The predicted octanol–water partition coefficient (Wildman–Crippen LogP) is 3.25. The number of aryl methyl sites for hydroxylation is 2. The van der Waals surface area contributed by atoms with Crippen LogP contribution in [0, 0.1) is 19.7 Å². The number of rotatable bonds is 6. The van der Waals surface area contributed by atoms with Crippen molar-refractivity contribution in [1.82, 2.24) is 4.31 Å². The Morgan fingerprint density at radius 3 is 2.11 bits per heavy atom. The van der Waals surface area contributed by atoms with Crippen molar-refractivity contribution < 1.29 is 12.8 Å². The molecule has 5 heteroatoms. The van der Waals surface area contributed by atoms with Crippen LogP contribution in [0.2, 0.25) is 0 Å². The fourth-order valence-corrected chi connectivity index (χ4v) is 4.12. The van der Waals surface area contributed by atoms with Gasteiger partial charge in [-0.25, -0.2) is 12.8 Å². The number of nitrogens with zero attached hydrogens (tertiary/aromatic N) is 1. The van der Waals surface area contributed by atoms with E-state index in [1.807, 2.05) is 13.8 Å². The fourth-order valence-electron chi connectivity index (χ4n) is 2.22. The maximum atomic E-state index is 13.3. The smallest absolute Gasteiger partial charge is 0.207 e. The van der Waals surface area contributed by atoms with Crippen LogP contribution in [0.4, 0.5) is 4.39 Å². The second-order valence-electron chi connectivity index (χ2n) is 4.72. The summed E-state index contributed by atoms with van der Waals surface area (Å²) in [6.07, 6.45) is 1.76. The third-order valence-electron chi connectivity index (χ3n) is 3.14. The number of hydrogen-bond acceptors (Lipinski definition) is 2. The van der Waals surface area contributed by atoms with Crippen molar-refractivity contribution in [3.05, 3.63) is 29.1 Å². The van der Waals surface area contributed by atoms with Crippen LogP contribution in [-0.2, 0) is 10.0 Å². The number of sulfonamides is 1. The van der Waals surface area contributed by atoms with Gasteiger partial charge in [-0.05, 0) is 43.5 Å². The van der Waals surface area contributed by atoms with E-state index in [4.69, 9.17) is 0 Å². The summed E-state index contributed by atoms with van der Waals surface area (Å²) in [5, 5.41) is 0. The van der Waals surface area contributed by atoms with Gasteiger partial charge in [0.05, 0.1) is 4.90 Å². The first-order chi connectivity index (χ1) is 8.84. The summed E-state index contributed by atoms with van der Waals surface area (Å²) in [6, 6.07) is 2.54. The first kappa shape index (κ1) is 16.1. The normalized spacial score (nSPS) is 12.1. The maximum absolute atomic E-state index is 13.3. The van der Waals surface area contributed by atoms with Crippen molar-refractivity contribution in [3.63, 3.8) is 0 Å². The summed E-state index contributed by atoms with van der Waals surface area (Å²) in [6.45, 7) is 8.05. The van der Waals surface area contributed by atoms with Crippen LogP contribution in [0.3, 0.4) is 0 Å². The molecule has 0 spiro atoms. The van der Waals surface area contributed by atoms with Gasteiger partial charge in [0.1, 0.15) is 5.82 Å². The summed E-state index contributed by atoms with van der Waals surface area (Å²) >= 11 is 0. The number of hydrogen-bond donors (Lipinski definition) is 0. The van der Waals surface area contributed by atoms with E-state index in [2.05, 4.69) is 0 Å². The lowest BCUT2D eigenvalue weighted by molar-refractivity contribution is 0.418. The summed E-state index contributed by atoms with van der Waals surface area (Å²) in [4.78, 5) is 0.242. The molecule has 1 aromatic carbocycles. The first-order valence-electron chi connectivity index (χ1n) is 6.61.